The van der Waals surface area contributed by atoms with Crippen LogP contribution in [0.3, 0.4) is 0 Å². The van der Waals surface area contributed by atoms with Crippen LogP contribution in [0.25, 0.3) is 0 Å². The zero-order valence-electron chi connectivity index (χ0n) is 22.7. The Bertz CT molecular complexity index is 763. The molecule has 1 rings (SSSR count). The number of hydrogen-bond donors (Lipinski definition) is 5. The summed E-state index contributed by atoms with van der Waals surface area (Å²) in [5.41, 5.74) is 0. The van der Waals surface area contributed by atoms with Gasteiger partial charge in [-0.15, -0.1) is 12.3 Å². The molecule has 4 amide bonds. The quantitative estimate of drug-likeness (QED) is 0.105. The van der Waals surface area contributed by atoms with Gasteiger partial charge in [-0.05, 0) is 56.0 Å². The van der Waals surface area contributed by atoms with Crippen molar-refractivity contribution in [3.05, 3.63) is 12.8 Å². The van der Waals surface area contributed by atoms with E-state index in [1.807, 2.05) is 6.92 Å². The smallest absolute Gasteiger partial charge is 0.315 e. The number of carbonyl (C=O) groups is 3. The molecule has 0 aliphatic heterocycles. The highest BCUT2D eigenvalue weighted by atomic mass is 32.1. The topological polar surface area (TPSA) is 111 Å². The van der Waals surface area contributed by atoms with Crippen LogP contribution in [0.4, 0.5) is 4.79 Å². The SMILES string of the molecule is C#CCCC(NC(=O)C(CCCNC=C)C(NC(=O)NCCC)C1CCCCC1)C(C)C(=O)NCC=S. The first kappa shape index (κ1) is 32.4. The van der Waals surface area contributed by atoms with Crippen molar-refractivity contribution in [1.82, 2.24) is 26.6 Å². The molecular weight excluding hydrogens is 486 g/mol. The molecule has 0 bridgehead atoms. The van der Waals surface area contributed by atoms with Crippen LogP contribution in [0.5, 0.6) is 0 Å². The number of urea groups is 1. The number of rotatable bonds is 18. The minimum absolute atomic E-state index is 0.151. The van der Waals surface area contributed by atoms with Crippen LogP contribution in [0, 0.1) is 30.1 Å². The molecule has 1 aliphatic rings. The van der Waals surface area contributed by atoms with Gasteiger partial charge in [0.05, 0.1) is 11.8 Å². The highest BCUT2D eigenvalue weighted by molar-refractivity contribution is 7.79. The summed E-state index contributed by atoms with van der Waals surface area (Å²) >= 11 is 4.82. The molecule has 0 heterocycles. The maximum atomic E-state index is 13.9. The third-order valence-electron chi connectivity index (χ3n) is 7.05. The molecule has 0 aromatic rings. The Morgan fingerprint density at radius 1 is 1.08 bits per heavy atom. The Balaban J connectivity index is 3.18. The first-order valence-corrected chi connectivity index (χ1v) is 14.2. The summed E-state index contributed by atoms with van der Waals surface area (Å²) in [5, 5.41) is 16.5. The maximum Gasteiger partial charge on any atom is 0.315 e. The van der Waals surface area contributed by atoms with Gasteiger partial charge in [0.1, 0.15) is 0 Å². The largest absolute Gasteiger partial charge is 0.391 e. The third-order valence-corrected chi connectivity index (χ3v) is 7.21. The second-order valence-corrected chi connectivity index (χ2v) is 10.1. The zero-order valence-corrected chi connectivity index (χ0v) is 23.5. The molecule has 4 unspecified atom stereocenters. The molecule has 0 saturated heterocycles. The fourth-order valence-corrected chi connectivity index (χ4v) is 5.03. The Hall–Kier alpha value is -2.60. The molecule has 4 atom stereocenters. The molecule has 1 saturated carbocycles. The van der Waals surface area contributed by atoms with Crippen molar-refractivity contribution in [1.29, 1.82) is 0 Å². The number of hydrogen-bond acceptors (Lipinski definition) is 5. The molecule has 8 nitrogen and oxygen atoms in total. The zero-order chi connectivity index (χ0) is 27.5. The number of thiocarbonyl (C=S) groups is 1. The fraction of sp³-hybridized carbons (Fsp3) is 0.714. The van der Waals surface area contributed by atoms with Crippen molar-refractivity contribution in [2.24, 2.45) is 17.8 Å². The van der Waals surface area contributed by atoms with Gasteiger partial charge in [0.25, 0.3) is 0 Å². The molecule has 9 heteroatoms. The third kappa shape index (κ3) is 12.5. The lowest BCUT2D eigenvalue weighted by atomic mass is 9.76. The predicted octanol–water partition coefficient (Wildman–Crippen LogP) is 3.42. The maximum absolute atomic E-state index is 13.9. The van der Waals surface area contributed by atoms with E-state index in [0.29, 0.717) is 32.4 Å². The van der Waals surface area contributed by atoms with Crippen LogP contribution in [0.2, 0.25) is 0 Å². The van der Waals surface area contributed by atoms with Gasteiger partial charge < -0.3 is 26.6 Å². The lowest BCUT2D eigenvalue weighted by molar-refractivity contribution is -0.129. The Labute approximate surface area is 228 Å². The van der Waals surface area contributed by atoms with Gasteiger partial charge in [0, 0.05) is 38.1 Å². The van der Waals surface area contributed by atoms with Crippen molar-refractivity contribution < 1.29 is 14.4 Å². The minimum Gasteiger partial charge on any atom is -0.391 e. The molecule has 1 aliphatic carbocycles. The lowest BCUT2D eigenvalue weighted by Gasteiger charge is -2.37. The average molecular weight is 534 g/mol. The van der Waals surface area contributed by atoms with Crippen molar-refractivity contribution in [3.63, 3.8) is 0 Å². The van der Waals surface area contributed by atoms with Crippen LogP contribution in [0.1, 0.15) is 78.1 Å². The molecule has 0 aromatic heterocycles. The number of nitrogens with one attached hydrogen (secondary N) is 5. The van der Waals surface area contributed by atoms with Crippen molar-refractivity contribution in [2.75, 3.05) is 19.6 Å². The molecule has 0 spiro atoms. The highest BCUT2D eigenvalue weighted by Gasteiger charge is 2.37. The van der Waals surface area contributed by atoms with Gasteiger partial charge in [-0.3, -0.25) is 9.59 Å². The standard InChI is InChI=1S/C28H47N5O3S/c1-5-8-16-24(21(4)26(34)30-19-20-37)32-27(35)23(15-12-18-29-7-3)25(22-13-10-9-11-14-22)33-28(36)31-17-6-2/h1,7,20-25,29H,3,6,8-19H2,2,4H3,(H,30,34)(H,32,35)(H2,31,33,36). The van der Waals surface area contributed by atoms with E-state index in [2.05, 4.69) is 39.1 Å². The molecular formula is C28H47N5O3S. The molecule has 0 radical (unpaired) electrons. The monoisotopic (exact) mass is 533 g/mol. The Morgan fingerprint density at radius 3 is 2.43 bits per heavy atom. The molecule has 208 valence electrons. The van der Waals surface area contributed by atoms with E-state index in [9.17, 15) is 14.4 Å². The summed E-state index contributed by atoms with van der Waals surface area (Å²) in [7, 11) is 0. The summed E-state index contributed by atoms with van der Waals surface area (Å²) < 4.78 is 0. The lowest BCUT2D eigenvalue weighted by Crippen LogP contribution is -2.55. The predicted molar refractivity (Wildman–Crippen MR) is 154 cm³/mol. The van der Waals surface area contributed by atoms with E-state index in [-0.39, 0.29) is 36.3 Å². The minimum atomic E-state index is -0.482. The van der Waals surface area contributed by atoms with Crippen LogP contribution in [-0.4, -0.2) is 54.9 Å². The van der Waals surface area contributed by atoms with E-state index in [1.165, 1.54) is 11.8 Å². The summed E-state index contributed by atoms with van der Waals surface area (Å²) in [4.78, 5) is 39.3. The van der Waals surface area contributed by atoms with Crippen LogP contribution < -0.4 is 26.6 Å². The van der Waals surface area contributed by atoms with Gasteiger partial charge in [-0.25, -0.2) is 4.79 Å². The summed E-state index contributed by atoms with van der Waals surface area (Å²) in [6, 6.07) is -0.965. The average Bonchev–Trinajstić information content (AvgIpc) is 2.91. The van der Waals surface area contributed by atoms with Gasteiger partial charge in [0.2, 0.25) is 11.8 Å². The number of terminal acetylenes is 1. The molecule has 37 heavy (non-hydrogen) atoms. The van der Waals surface area contributed by atoms with Crippen molar-refractivity contribution in [3.8, 4) is 12.3 Å². The van der Waals surface area contributed by atoms with E-state index in [4.69, 9.17) is 18.6 Å². The van der Waals surface area contributed by atoms with Gasteiger partial charge in [-0.1, -0.05) is 51.9 Å². The van der Waals surface area contributed by atoms with Gasteiger partial charge >= 0.3 is 6.03 Å². The van der Waals surface area contributed by atoms with E-state index in [1.54, 1.807) is 13.1 Å². The Kier molecular flexibility index (Phi) is 17.1. The summed E-state index contributed by atoms with van der Waals surface area (Å²) in [6.45, 7) is 9.03. The molecule has 0 aromatic carbocycles. The summed E-state index contributed by atoms with van der Waals surface area (Å²) in [6.07, 6.45) is 15.5. The van der Waals surface area contributed by atoms with Gasteiger partial charge in [-0.2, -0.15) is 0 Å². The fourth-order valence-electron chi connectivity index (χ4n) is 4.94. The van der Waals surface area contributed by atoms with Gasteiger partial charge in [0.15, 0.2) is 0 Å². The second kappa shape index (κ2) is 19.5. The summed E-state index contributed by atoms with van der Waals surface area (Å²) in [5.74, 6) is 1.58. The van der Waals surface area contributed by atoms with Crippen LogP contribution >= 0.6 is 12.2 Å². The first-order valence-electron chi connectivity index (χ1n) is 13.7. The highest BCUT2D eigenvalue weighted by Crippen LogP contribution is 2.31. The van der Waals surface area contributed by atoms with Crippen molar-refractivity contribution in [2.45, 2.75) is 90.1 Å². The van der Waals surface area contributed by atoms with Crippen LogP contribution in [-0.2, 0) is 9.59 Å². The number of carbonyl (C=O) groups excluding carboxylic acids is 3. The second-order valence-electron chi connectivity index (χ2n) is 9.79. The van der Waals surface area contributed by atoms with E-state index in [0.717, 1.165) is 38.5 Å². The molecule has 1 fully saturated rings. The Morgan fingerprint density at radius 2 is 1.81 bits per heavy atom. The number of amides is 4. The van der Waals surface area contributed by atoms with Crippen molar-refractivity contribution >= 4 is 35.4 Å². The normalized spacial score (nSPS) is 16.7. The van der Waals surface area contributed by atoms with E-state index >= 15 is 0 Å². The van der Waals surface area contributed by atoms with Crippen LogP contribution in [0.15, 0.2) is 12.8 Å². The molecule has 5 N–H and O–H groups in total. The van der Waals surface area contributed by atoms with E-state index < -0.39 is 17.9 Å². The first-order chi connectivity index (χ1) is 17.9.